The molecule has 1 aromatic rings. The van der Waals surface area contributed by atoms with E-state index < -0.39 is 0 Å². The highest BCUT2D eigenvalue weighted by Crippen LogP contribution is 2.40. The Labute approximate surface area is 89.1 Å². The summed E-state index contributed by atoms with van der Waals surface area (Å²) in [5.41, 5.74) is 1.54. The van der Waals surface area contributed by atoms with Crippen molar-refractivity contribution in [2.24, 2.45) is 5.41 Å². The first-order valence-corrected chi connectivity index (χ1v) is 5.87. The van der Waals surface area contributed by atoms with E-state index in [1.807, 2.05) is 6.08 Å². The van der Waals surface area contributed by atoms with E-state index in [-0.39, 0.29) is 11.5 Å². The Hall–Kier alpha value is -0.600. The van der Waals surface area contributed by atoms with E-state index >= 15 is 0 Å². The molecule has 1 heterocycles. The quantitative estimate of drug-likeness (QED) is 0.750. The van der Waals surface area contributed by atoms with Crippen molar-refractivity contribution in [1.29, 1.82) is 0 Å². The SMILES string of the molecule is CC1(C)CC(c2cccs2)=CC(O)C1. The molecule has 1 N–H and O–H groups in total. The van der Waals surface area contributed by atoms with Gasteiger partial charge in [-0.15, -0.1) is 11.3 Å². The minimum atomic E-state index is -0.268. The first kappa shape index (κ1) is 9.94. The number of hydrogen-bond donors (Lipinski definition) is 1. The maximum atomic E-state index is 9.74. The fraction of sp³-hybridized carbons (Fsp3) is 0.500. The number of hydrogen-bond acceptors (Lipinski definition) is 2. The first-order valence-electron chi connectivity index (χ1n) is 4.99. The van der Waals surface area contributed by atoms with E-state index in [1.165, 1.54) is 10.5 Å². The third-order valence-corrected chi connectivity index (χ3v) is 3.61. The van der Waals surface area contributed by atoms with Gasteiger partial charge in [-0.25, -0.2) is 0 Å². The maximum absolute atomic E-state index is 9.74. The van der Waals surface area contributed by atoms with E-state index in [1.54, 1.807) is 11.3 Å². The molecule has 1 nitrogen and oxygen atoms in total. The summed E-state index contributed by atoms with van der Waals surface area (Å²) in [6.07, 6.45) is 3.69. The van der Waals surface area contributed by atoms with E-state index in [9.17, 15) is 5.11 Å². The Bertz CT molecular complexity index is 335. The fourth-order valence-corrected chi connectivity index (χ4v) is 2.89. The molecular weight excluding hydrogens is 192 g/mol. The predicted molar refractivity (Wildman–Crippen MR) is 61.3 cm³/mol. The molecule has 0 aliphatic heterocycles. The van der Waals surface area contributed by atoms with Crippen molar-refractivity contribution >= 4 is 16.9 Å². The number of allylic oxidation sites excluding steroid dienone is 1. The molecule has 1 aliphatic carbocycles. The minimum Gasteiger partial charge on any atom is -0.389 e. The van der Waals surface area contributed by atoms with E-state index in [0.29, 0.717) is 0 Å². The van der Waals surface area contributed by atoms with Crippen molar-refractivity contribution in [2.45, 2.75) is 32.8 Å². The molecule has 0 radical (unpaired) electrons. The molecule has 0 saturated carbocycles. The fourth-order valence-electron chi connectivity index (χ4n) is 2.13. The molecule has 0 amide bonds. The third-order valence-electron chi connectivity index (χ3n) is 2.66. The van der Waals surface area contributed by atoms with Crippen LogP contribution in [0.1, 0.15) is 31.6 Å². The summed E-state index contributed by atoms with van der Waals surface area (Å²) in [4.78, 5) is 1.30. The van der Waals surface area contributed by atoms with Gasteiger partial charge >= 0.3 is 0 Å². The smallest absolute Gasteiger partial charge is 0.0732 e. The molecule has 2 rings (SSSR count). The van der Waals surface area contributed by atoms with E-state index in [4.69, 9.17) is 0 Å². The van der Waals surface area contributed by atoms with Crippen molar-refractivity contribution < 1.29 is 5.11 Å². The summed E-state index contributed by atoms with van der Waals surface area (Å²) in [6.45, 7) is 4.44. The summed E-state index contributed by atoms with van der Waals surface area (Å²) >= 11 is 1.75. The first-order chi connectivity index (χ1) is 6.57. The third kappa shape index (κ3) is 2.07. The van der Waals surface area contributed by atoms with Gasteiger partial charge in [0.25, 0.3) is 0 Å². The summed E-state index contributed by atoms with van der Waals surface area (Å²) in [7, 11) is 0. The van der Waals surface area contributed by atoms with Crippen LogP contribution in [0.15, 0.2) is 23.6 Å². The van der Waals surface area contributed by atoms with Crippen LogP contribution >= 0.6 is 11.3 Å². The van der Waals surface area contributed by atoms with Crippen LogP contribution in [0, 0.1) is 5.41 Å². The zero-order chi connectivity index (χ0) is 10.2. The van der Waals surface area contributed by atoms with Crippen molar-refractivity contribution in [1.82, 2.24) is 0 Å². The zero-order valence-electron chi connectivity index (χ0n) is 8.66. The minimum absolute atomic E-state index is 0.230. The second-order valence-corrected chi connectivity index (χ2v) is 5.73. The standard InChI is InChI=1S/C12H16OS/c1-12(2)7-9(6-10(13)8-12)11-4-3-5-14-11/h3-6,10,13H,7-8H2,1-2H3. The highest BCUT2D eigenvalue weighted by Gasteiger charge is 2.28. The molecule has 14 heavy (non-hydrogen) atoms. The molecule has 1 aliphatic rings. The molecule has 76 valence electrons. The van der Waals surface area contributed by atoms with Crippen LogP contribution in [0.2, 0.25) is 0 Å². The highest BCUT2D eigenvalue weighted by molar-refractivity contribution is 7.11. The molecule has 0 fully saturated rings. The van der Waals surface area contributed by atoms with Gasteiger partial charge in [-0.2, -0.15) is 0 Å². The average Bonchev–Trinajstić information content (AvgIpc) is 2.51. The van der Waals surface area contributed by atoms with Gasteiger partial charge in [0.05, 0.1) is 6.10 Å². The Morgan fingerprint density at radius 2 is 2.29 bits per heavy atom. The van der Waals surface area contributed by atoms with Crippen LogP contribution in [0.4, 0.5) is 0 Å². The summed E-state index contributed by atoms with van der Waals surface area (Å²) < 4.78 is 0. The van der Waals surface area contributed by atoms with Gasteiger partial charge in [0.15, 0.2) is 0 Å². The Morgan fingerprint density at radius 1 is 1.50 bits per heavy atom. The highest BCUT2D eigenvalue weighted by atomic mass is 32.1. The van der Waals surface area contributed by atoms with Gasteiger partial charge < -0.3 is 5.11 Å². The van der Waals surface area contributed by atoms with Gasteiger partial charge in [0, 0.05) is 4.88 Å². The lowest BCUT2D eigenvalue weighted by Crippen LogP contribution is -2.24. The molecule has 0 saturated heterocycles. The largest absolute Gasteiger partial charge is 0.389 e. The lowest BCUT2D eigenvalue weighted by atomic mass is 9.76. The molecule has 0 bridgehead atoms. The maximum Gasteiger partial charge on any atom is 0.0732 e. The predicted octanol–water partition coefficient (Wildman–Crippen LogP) is 3.31. The van der Waals surface area contributed by atoms with E-state index in [0.717, 1.165) is 12.8 Å². The Balaban J connectivity index is 2.28. The van der Waals surface area contributed by atoms with Crippen LogP contribution in [0.5, 0.6) is 0 Å². The Morgan fingerprint density at radius 3 is 2.86 bits per heavy atom. The van der Waals surface area contributed by atoms with Gasteiger partial charge in [-0.1, -0.05) is 26.0 Å². The van der Waals surface area contributed by atoms with Gasteiger partial charge in [0.1, 0.15) is 0 Å². The topological polar surface area (TPSA) is 20.2 Å². The Kier molecular flexibility index (Phi) is 2.50. The van der Waals surface area contributed by atoms with Crippen LogP contribution in [-0.4, -0.2) is 11.2 Å². The van der Waals surface area contributed by atoms with Gasteiger partial charge in [0.2, 0.25) is 0 Å². The van der Waals surface area contributed by atoms with Crippen molar-refractivity contribution in [3.05, 3.63) is 28.5 Å². The lowest BCUT2D eigenvalue weighted by Gasteiger charge is -2.32. The number of aliphatic hydroxyl groups excluding tert-OH is 1. The second-order valence-electron chi connectivity index (χ2n) is 4.78. The summed E-state index contributed by atoms with van der Waals surface area (Å²) in [6, 6.07) is 4.19. The normalized spacial score (nSPS) is 25.9. The van der Waals surface area contributed by atoms with Crippen LogP contribution in [-0.2, 0) is 0 Å². The molecule has 1 aromatic heterocycles. The summed E-state index contributed by atoms with van der Waals surface area (Å²) in [5, 5.41) is 11.8. The molecule has 0 aromatic carbocycles. The number of thiophene rings is 1. The van der Waals surface area contributed by atoms with Gasteiger partial charge in [-0.3, -0.25) is 0 Å². The molecule has 1 unspecified atom stereocenters. The second kappa shape index (κ2) is 3.52. The molecule has 2 heteroatoms. The van der Waals surface area contributed by atoms with Crippen LogP contribution in [0.25, 0.3) is 5.57 Å². The van der Waals surface area contributed by atoms with Crippen molar-refractivity contribution in [3.63, 3.8) is 0 Å². The molecule has 0 spiro atoms. The van der Waals surface area contributed by atoms with Crippen molar-refractivity contribution in [2.75, 3.05) is 0 Å². The van der Waals surface area contributed by atoms with Crippen molar-refractivity contribution in [3.8, 4) is 0 Å². The summed E-state index contributed by atoms with van der Waals surface area (Å²) in [5.74, 6) is 0. The molecule has 1 atom stereocenters. The van der Waals surface area contributed by atoms with E-state index in [2.05, 4.69) is 31.4 Å². The van der Waals surface area contributed by atoms with Crippen LogP contribution in [0.3, 0.4) is 0 Å². The van der Waals surface area contributed by atoms with Gasteiger partial charge in [-0.05, 0) is 35.3 Å². The monoisotopic (exact) mass is 208 g/mol. The lowest BCUT2D eigenvalue weighted by molar-refractivity contribution is 0.146. The average molecular weight is 208 g/mol. The molecular formula is C12H16OS. The zero-order valence-corrected chi connectivity index (χ0v) is 9.47. The number of aliphatic hydroxyl groups is 1. The number of rotatable bonds is 1. The van der Waals surface area contributed by atoms with Crippen LogP contribution < -0.4 is 0 Å².